The first-order chi connectivity index (χ1) is 16.3. The van der Waals surface area contributed by atoms with Crippen LogP contribution in [0.3, 0.4) is 0 Å². The van der Waals surface area contributed by atoms with Crippen molar-refractivity contribution in [1.29, 1.82) is 0 Å². The smallest absolute Gasteiger partial charge is 0.255 e. The van der Waals surface area contributed by atoms with Gasteiger partial charge in [-0.25, -0.2) is 9.97 Å². The zero-order chi connectivity index (χ0) is 24.4. The van der Waals surface area contributed by atoms with E-state index in [9.17, 15) is 9.59 Å². The van der Waals surface area contributed by atoms with E-state index in [1.165, 1.54) is 21.5 Å². The van der Waals surface area contributed by atoms with Gasteiger partial charge in [0, 0.05) is 27.9 Å². The van der Waals surface area contributed by atoms with Gasteiger partial charge in [0.1, 0.15) is 16.2 Å². The van der Waals surface area contributed by atoms with Gasteiger partial charge in [0.25, 0.3) is 5.91 Å². The number of hydrogen-bond acceptors (Lipinski definition) is 6. The molecule has 0 saturated carbocycles. The van der Waals surface area contributed by atoms with Crippen molar-refractivity contribution >= 4 is 50.8 Å². The van der Waals surface area contributed by atoms with Crippen molar-refractivity contribution in [3.05, 3.63) is 75.9 Å². The van der Waals surface area contributed by atoms with Crippen molar-refractivity contribution < 1.29 is 9.59 Å². The van der Waals surface area contributed by atoms with E-state index >= 15 is 0 Å². The number of amides is 2. The summed E-state index contributed by atoms with van der Waals surface area (Å²) in [6, 6.07) is 13.2. The van der Waals surface area contributed by atoms with Gasteiger partial charge in [-0.1, -0.05) is 36.0 Å². The summed E-state index contributed by atoms with van der Waals surface area (Å²) in [5.41, 5.74) is 4.57. The summed E-state index contributed by atoms with van der Waals surface area (Å²) in [7, 11) is 1.64. The fraction of sp³-hybridized carbons (Fsp3) is 0.231. The zero-order valence-electron chi connectivity index (χ0n) is 19.8. The van der Waals surface area contributed by atoms with Gasteiger partial charge in [0.15, 0.2) is 0 Å². The van der Waals surface area contributed by atoms with E-state index in [-0.39, 0.29) is 18.4 Å². The summed E-state index contributed by atoms with van der Waals surface area (Å²) in [6.07, 6.45) is 1.56. The zero-order valence-corrected chi connectivity index (χ0v) is 21.4. The molecule has 34 heavy (non-hydrogen) atoms. The highest BCUT2D eigenvalue weighted by Crippen LogP contribution is 2.38. The summed E-state index contributed by atoms with van der Waals surface area (Å²) in [4.78, 5) is 39.2. The molecule has 0 radical (unpaired) electrons. The Morgan fingerprint density at radius 1 is 1.00 bits per heavy atom. The third kappa shape index (κ3) is 4.83. The summed E-state index contributed by atoms with van der Waals surface area (Å²) in [5.74, 6) is -0.459. The number of carbonyl (C=O) groups excluding carboxylic acids is 2. The highest BCUT2D eigenvalue weighted by Gasteiger charge is 2.21. The van der Waals surface area contributed by atoms with Crippen LogP contribution in [0.15, 0.2) is 58.7 Å². The monoisotopic (exact) mass is 490 g/mol. The highest BCUT2D eigenvalue weighted by atomic mass is 32.2. The van der Waals surface area contributed by atoms with Gasteiger partial charge < -0.3 is 10.2 Å². The van der Waals surface area contributed by atoms with Crippen LogP contribution in [0.25, 0.3) is 10.2 Å². The largest absolute Gasteiger partial charge is 0.332 e. The Hall–Kier alpha value is -3.23. The quantitative estimate of drug-likeness (QED) is 0.347. The standard InChI is InChI=1S/C26H26N4O2S2/c1-15-9-8-11-20(16(15)2)29-22(31)13-30(5)26(32)19-10-6-7-12-21(19)34-25-23-17(3)18(4)33-24(23)27-14-28-25/h6-12,14H,13H2,1-5H3,(H,29,31). The number of aryl methyl sites for hydroxylation is 3. The molecular weight excluding hydrogens is 464 g/mol. The van der Waals surface area contributed by atoms with E-state index in [0.29, 0.717) is 5.56 Å². The molecule has 4 rings (SSSR count). The molecule has 0 unspecified atom stereocenters. The Morgan fingerprint density at radius 3 is 2.56 bits per heavy atom. The third-order valence-electron chi connectivity index (χ3n) is 5.86. The van der Waals surface area contributed by atoms with E-state index in [2.05, 4.69) is 29.1 Å². The number of benzene rings is 2. The molecule has 2 amide bonds. The van der Waals surface area contributed by atoms with E-state index in [1.54, 1.807) is 30.8 Å². The molecule has 8 heteroatoms. The van der Waals surface area contributed by atoms with Crippen molar-refractivity contribution in [2.75, 3.05) is 18.9 Å². The number of carbonyl (C=O) groups is 2. The second-order valence-electron chi connectivity index (χ2n) is 8.20. The number of likely N-dealkylation sites (N-methyl/N-ethyl adjacent to an activating group) is 1. The predicted molar refractivity (Wildman–Crippen MR) is 139 cm³/mol. The number of fused-ring (bicyclic) bond motifs is 1. The van der Waals surface area contributed by atoms with Gasteiger partial charge in [0.05, 0.1) is 12.1 Å². The Kier molecular flexibility index (Phi) is 7.00. The summed E-state index contributed by atoms with van der Waals surface area (Å²) < 4.78 is 0. The van der Waals surface area contributed by atoms with Crippen LogP contribution < -0.4 is 5.32 Å². The van der Waals surface area contributed by atoms with E-state index in [0.717, 1.165) is 42.5 Å². The minimum absolute atomic E-state index is 0.0498. The molecule has 174 valence electrons. The molecule has 2 aromatic carbocycles. The second-order valence-corrected chi connectivity index (χ2v) is 10.4. The SMILES string of the molecule is Cc1cccc(NC(=O)CN(C)C(=O)c2ccccc2Sc2ncnc3sc(C)c(C)c23)c1C. The molecule has 2 aromatic heterocycles. The molecule has 0 aliphatic carbocycles. The van der Waals surface area contributed by atoms with Crippen LogP contribution in [0.1, 0.15) is 31.9 Å². The maximum Gasteiger partial charge on any atom is 0.255 e. The van der Waals surface area contributed by atoms with Gasteiger partial charge in [-0.15, -0.1) is 11.3 Å². The normalized spacial score (nSPS) is 11.0. The lowest BCUT2D eigenvalue weighted by molar-refractivity contribution is -0.116. The molecule has 2 heterocycles. The number of nitrogens with one attached hydrogen (secondary N) is 1. The average Bonchev–Trinajstić information content (AvgIpc) is 3.11. The van der Waals surface area contributed by atoms with Crippen molar-refractivity contribution in [2.24, 2.45) is 0 Å². The molecule has 0 atom stereocenters. The first-order valence-electron chi connectivity index (χ1n) is 10.9. The number of hydrogen-bond donors (Lipinski definition) is 1. The van der Waals surface area contributed by atoms with E-state index in [4.69, 9.17) is 0 Å². The van der Waals surface area contributed by atoms with Crippen LogP contribution >= 0.6 is 23.1 Å². The van der Waals surface area contributed by atoms with Crippen LogP contribution in [0, 0.1) is 27.7 Å². The predicted octanol–water partition coefficient (Wildman–Crippen LogP) is 5.79. The average molecular weight is 491 g/mol. The first-order valence-corrected chi connectivity index (χ1v) is 12.5. The van der Waals surface area contributed by atoms with Gasteiger partial charge >= 0.3 is 0 Å². The summed E-state index contributed by atoms with van der Waals surface area (Å²) in [5, 5.41) is 4.77. The topological polar surface area (TPSA) is 75.2 Å². The molecule has 0 aliphatic rings. The van der Waals surface area contributed by atoms with E-state index < -0.39 is 0 Å². The Morgan fingerprint density at radius 2 is 1.76 bits per heavy atom. The molecule has 4 aromatic rings. The number of rotatable bonds is 6. The van der Waals surface area contributed by atoms with E-state index in [1.807, 2.05) is 50.2 Å². The van der Waals surface area contributed by atoms with Crippen LogP contribution in [0.2, 0.25) is 0 Å². The lowest BCUT2D eigenvalue weighted by atomic mass is 10.1. The molecule has 0 bridgehead atoms. The minimum atomic E-state index is -0.239. The molecule has 6 nitrogen and oxygen atoms in total. The Bertz CT molecular complexity index is 1400. The molecule has 0 aliphatic heterocycles. The van der Waals surface area contributed by atoms with Crippen molar-refractivity contribution in [2.45, 2.75) is 37.6 Å². The molecule has 0 fully saturated rings. The van der Waals surface area contributed by atoms with Crippen LogP contribution in [0.4, 0.5) is 5.69 Å². The summed E-state index contributed by atoms with van der Waals surface area (Å²) >= 11 is 3.09. The van der Waals surface area contributed by atoms with Crippen molar-refractivity contribution in [3.8, 4) is 0 Å². The molecule has 1 N–H and O–H groups in total. The maximum atomic E-state index is 13.3. The van der Waals surface area contributed by atoms with Crippen molar-refractivity contribution in [1.82, 2.24) is 14.9 Å². The fourth-order valence-corrected chi connectivity index (χ4v) is 5.77. The fourth-order valence-electron chi connectivity index (χ4n) is 3.63. The van der Waals surface area contributed by atoms with Gasteiger partial charge in [0.2, 0.25) is 5.91 Å². The molecule has 0 spiro atoms. The maximum absolute atomic E-state index is 13.3. The Balaban J connectivity index is 1.54. The number of nitrogens with zero attached hydrogens (tertiary/aromatic N) is 3. The summed E-state index contributed by atoms with van der Waals surface area (Å²) in [6.45, 7) is 8.06. The van der Waals surface area contributed by atoms with Crippen LogP contribution in [-0.2, 0) is 4.79 Å². The van der Waals surface area contributed by atoms with Crippen LogP contribution in [0.5, 0.6) is 0 Å². The minimum Gasteiger partial charge on any atom is -0.332 e. The lowest BCUT2D eigenvalue weighted by Crippen LogP contribution is -2.35. The van der Waals surface area contributed by atoms with Gasteiger partial charge in [-0.3, -0.25) is 9.59 Å². The number of thiophene rings is 1. The van der Waals surface area contributed by atoms with Gasteiger partial charge in [-0.05, 0) is 62.6 Å². The first kappa shape index (κ1) is 23.9. The third-order valence-corrected chi connectivity index (χ3v) is 8.05. The van der Waals surface area contributed by atoms with Gasteiger partial charge in [-0.2, -0.15) is 0 Å². The number of aromatic nitrogens is 2. The van der Waals surface area contributed by atoms with Crippen molar-refractivity contribution in [3.63, 3.8) is 0 Å². The molecular formula is C26H26N4O2S2. The highest BCUT2D eigenvalue weighted by molar-refractivity contribution is 7.99. The molecule has 0 saturated heterocycles. The van der Waals surface area contributed by atoms with Crippen LogP contribution in [-0.4, -0.2) is 40.3 Å². The Labute approximate surface area is 207 Å². The lowest BCUT2D eigenvalue weighted by Gasteiger charge is -2.19. The number of anilines is 1. The second kappa shape index (κ2) is 9.95.